The van der Waals surface area contributed by atoms with E-state index in [0.29, 0.717) is 11.3 Å². The fourth-order valence-corrected chi connectivity index (χ4v) is 3.24. The number of benzene rings is 1. The Morgan fingerprint density at radius 1 is 1.33 bits per heavy atom. The van der Waals surface area contributed by atoms with Crippen molar-refractivity contribution in [2.75, 3.05) is 7.11 Å². The van der Waals surface area contributed by atoms with Crippen molar-refractivity contribution in [2.24, 2.45) is 0 Å². The number of carbonyl (C=O) groups is 1. The summed E-state index contributed by atoms with van der Waals surface area (Å²) in [6, 6.07) is 9.09. The maximum Gasteiger partial charge on any atom is 0.340 e. The number of pyridine rings is 1. The molecule has 0 fully saturated rings. The molecule has 0 amide bonds. The van der Waals surface area contributed by atoms with E-state index in [1.54, 1.807) is 25.4 Å². The van der Waals surface area contributed by atoms with Crippen molar-refractivity contribution in [3.05, 3.63) is 63.8 Å². The molecule has 0 saturated carbocycles. The summed E-state index contributed by atoms with van der Waals surface area (Å²) in [6.07, 6.45) is 3.08. The van der Waals surface area contributed by atoms with Crippen LogP contribution in [0.3, 0.4) is 0 Å². The highest BCUT2D eigenvalue weighted by molar-refractivity contribution is 9.10. The molecule has 3 rings (SSSR count). The van der Waals surface area contributed by atoms with Crippen molar-refractivity contribution < 1.29 is 14.3 Å². The second-order valence-electron chi connectivity index (χ2n) is 4.81. The van der Waals surface area contributed by atoms with Gasteiger partial charge in [-0.2, -0.15) is 0 Å². The van der Waals surface area contributed by atoms with Crippen LogP contribution in [0.5, 0.6) is 5.75 Å². The van der Waals surface area contributed by atoms with Crippen LogP contribution in [0.25, 0.3) is 10.6 Å². The first-order valence-electron chi connectivity index (χ1n) is 7.03. The molecule has 0 aliphatic heterocycles. The minimum Gasteiger partial charge on any atom is -0.496 e. The standard InChI is InChI=1S/C17H13BrN2O3S/c1-22-15-5-4-12(18)7-14(15)16-20-13(10-24-16)9-23-17(21)11-3-2-6-19-8-11/h2-8,10H,9H2,1H3. The van der Waals surface area contributed by atoms with Gasteiger partial charge in [0.1, 0.15) is 17.4 Å². The van der Waals surface area contributed by atoms with Gasteiger partial charge in [0.2, 0.25) is 0 Å². The molecule has 0 unspecified atom stereocenters. The molecule has 7 heteroatoms. The predicted octanol–water partition coefficient (Wildman–Crippen LogP) is 4.33. The van der Waals surface area contributed by atoms with Crippen LogP contribution in [0.1, 0.15) is 16.1 Å². The van der Waals surface area contributed by atoms with E-state index < -0.39 is 5.97 Å². The van der Waals surface area contributed by atoms with Gasteiger partial charge in [-0.15, -0.1) is 11.3 Å². The summed E-state index contributed by atoms with van der Waals surface area (Å²) in [5.74, 6) is 0.323. The van der Waals surface area contributed by atoms with Gasteiger partial charge in [0, 0.05) is 22.2 Å². The van der Waals surface area contributed by atoms with Gasteiger partial charge in [-0.25, -0.2) is 9.78 Å². The molecule has 24 heavy (non-hydrogen) atoms. The summed E-state index contributed by atoms with van der Waals surface area (Å²) >= 11 is 4.92. The summed E-state index contributed by atoms with van der Waals surface area (Å²) in [6.45, 7) is 0.112. The molecule has 0 aliphatic rings. The molecule has 0 aliphatic carbocycles. The van der Waals surface area contributed by atoms with Crippen molar-refractivity contribution in [2.45, 2.75) is 6.61 Å². The van der Waals surface area contributed by atoms with E-state index in [4.69, 9.17) is 9.47 Å². The van der Waals surface area contributed by atoms with Crippen molar-refractivity contribution in [3.63, 3.8) is 0 Å². The molecular weight excluding hydrogens is 392 g/mol. The number of thiazole rings is 1. The lowest BCUT2D eigenvalue weighted by Crippen LogP contribution is -2.05. The molecule has 0 bridgehead atoms. The van der Waals surface area contributed by atoms with Crippen molar-refractivity contribution in [3.8, 4) is 16.3 Å². The Bertz CT molecular complexity index is 852. The third-order valence-corrected chi connectivity index (χ3v) is 4.61. The van der Waals surface area contributed by atoms with Crippen LogP contribution in [-0.4, -0.2) is 23.0 Å². The number of hydrogen-bond acceptors (Lipinski definition) is 6. The van der Waals surface area contributed by atoms with Gasteiger partial charge in [-0.05, 0) is 30.3 Å². The zero-order valence-electron chi connectivity index (χ0n) is 12.7. The Kier molecular flexibility index (Phi) is 5.22. The SMILES string of the molecule is COc1ccc(Br)cc1-c1nc(COC(=O)c2cccnc2)cs1. The predicted molar refractivity (Wildman–Crippen MR) is 95.2 cm³/mol. The van der Waals surface area contributed by atoms with Gasteiger partial charge >= 0.3 is 5.97 Å². The van der Waals surface area contributed by atoms with Crippen LogP contribution in [0, 0.1) is 0 Å². The van der Waals surface area contributed by atoms with Gasteiger partial charge < -0.3 is 9.47 Å². The number of rotatable bonds is 5. The van der Waals surface area contributed by atoms with Gasteiger partial charge in [-0.3, -0.25) is 4.98 Å². The Morgan fingerprint density at radius 3 is 2.96 bits per heavy atom. The second-order valence-corrected chi connectivity index (χ2v) is 6.58. The van der Waals surface area contributed by atoms with E-state index in [0.717, 1.165) is 20.8 Å². The molecule has 0 saturated heterocycles. The molecule has 3 aromatic rings. The summed E-state index contributed by atoms with van der Waals surface area (Å²) in [7, 11) is 1.62. The second kappa shape index (κ2) is 7.55. The Morgan fingerprint density at radius 2 is 2.21 bits per heavy atom. The number of nitrogens with zero attached hydrogens (tertiary/aromatic N) is 2. The minimum atomic E-state index is -0.419. The average molecular weight is 405 g/mol. The maximum atomic E-state index is 11.9. The number of ether oxygens (including phenoxy) is 2. The number of halogens is 1. The summed E-state index contributed by atoms with van der Waals surface area (Å²) in [4.78, 5) is 20.3. The van der Waals surface area contributed by atoms with Crippen LogP contribution < -0.4 is 4.74 Å². The number of carbonyl (C=O) groups excluding carboxylic acids is 1. The van der Waals surface area contributed by atoms with E-state index in [2.05, 4.69) is 25.9 Å². The highest BCUT2D eigenvalue weighted by atomic mass is 79.9. The van der Waals surface area contributed by atoms with Crippen molar-refractivity contribution >= 4 is 33.2 Å². The molecule has 2 aromatic heterocycles. The number of esters is 1. The highest BCUT2D eigenvalue weighted by Gasteiger charge is 2.13. The van der Waals surface area contributed by atoms with Crippen LogP contribution in [0.4, 0.5) is 0 Å². The van der Waals surface area contributed by atoms with Crippen molar-refractivity contribution in [1.82, 2.24) is 9.97 Å². The zero-order chi connectivity index (χ0) is 16.9. The molecule has 0 radical (unpaired) electrons. The third kappa shape index (κ3) is 3.80. The molecule has 5 nitrogen and oxygen atoms in total. The lowest BCUT2D eigenvalue weighted by molar-refractivity contribution is 0.0468. The third-order valence-electron chi connectivity index (χ3n) is 3.19. The quantitative estimate of drug-likeness (QED) is 0.592. The molecule has 122 valence electrons. The fraction of sp³-hybridized carbons (Fsp3) is 0.118. The topological polar surface area (TPSA) is 61.3 Å². The molecular formula is C17H13BrN2O3S. The van der Waals surface area contributed by atoms with Crippen LogP contribution in [0.2, 0.25) is 0 Å². The number of aromatic nitrogens is 2. The van der Waals surface area contributed by atoms with Crippen LogP contribution in [-0.2, 0) is 11.3 Å². The maximum absolute atomic E-state index is 11.9. The van der Waals surface area contributed by atoms with Gasteiger partial charge in [0.25, 0.3) is 0 Å². The van der Waals surface area contributed by atoms with E-state index >= 15 is 0 Å². The van der Waals surface area contributed by atoms with Crippen molar-refractivity contribution in [1.29, 1.82) is 0 Å². The largest absolute Gasteiger partial charge is 0.496 e. The van der Waals surface area contributed by atoms with E-state index in [9.17, 15) is 4.79 Å². The molecule has 0 atom stereocenters. The Balaban J connectivity index is 1.72. The van der Waals surface area contributed by atoms with E-state index in [1.165, 1.54) is 17.5 Å². The first kappa shape index (κ1) is 16.6. The van der Waals surface area contributed by atoms with E-state index in [1.807, 2.05) is 23.6 Å². The summed E-state index contributed by atoms with van der Waals surface area (Å²) < 4.78 is 11.6. The average Bonchev–Trinajstić information content (AvgIpc) is 3.09. The number of hydrogen-bond donors (Lipinski definition) is 0. The first-order valence-corrected chi connectivity index (χ1v) is 8.70. The van der Waals surface area contributed by atoms with Crippen LogP contribution in [0.15, 0.2) is 52.6 Å². The molecule has 2 heterocycles. The van der Waals surface area contributed by atoms with Gasteiger partial charge in [-0.1, -0.05) is 15.9 Å². The molecule has 1 aromatic carbocycles. The summed E-state index contributed by atoms with van der Waals surface area (Å²) in [5, 5.41) is 2.67. The molecule has 0 spiro atoms. The Labute approximate surface area is 151 Å². The normalized spacial score (nSPS) is 10.4. The zero-order valence-corrected chi connectivity index (χ0v) is 15.1. The first-order chi connectivity index (χ1) is 11.7. The monoisotopic (exact) mass is 404 g/mol. The van der Waals surface area contributed by atoms with Crippen LogP contribution >= 0.6 is 27.3 Å². The minimum absolute atomic E-state index is 0.112. The summed E-state index contributed by atoms with van der Waals surface area (Å²) in [5.41, 5.74) is 2.00. The highest BCUT2D eigenvalue weighted by Crippen LogP contribution is 2.34. The van der Waals surface area contributed by atoms with Gasteiger partial charge in [0.15, 0.2) is 0 Å². The fourth-order valence-electron chi connectivity index (χ4n) is 2.05. The lowest BCUT2D eigenvalue weighted by atomic mass is 10.2. The lowest BCUT2D eigenvalue weighted by Gasteiger charge is -2.06. The molecule has 0 N–H and O–H groups in total. The number of methoxy groups -OCH3 is 1. The van der Waals surface area contributed by atoms with Gasteiger partial charge in [0.05, 0.1) is 23.9 Å². The Hall–Kier alpha value is -2.25. The smallest absolute Gasteiger partial charge is 0.340 e. The van der Waals surface area contributed by atoms with E-state index in [-0.39, 0.29) is 6.61 Å².